The number of aromatic nitrogens is 1. The van der Waals surface area contributed by atoms with Gasteiger partial charge in [-0.05, 0) is 35.6 Å². The molecular formula is C11H14N2O. The average Bonchev–Trinajstić information content (AvgIpc) is 2.50. The van der Waals surface area contributed by atoms with E-state index in [0.717, 1.165) is 5.56 Å². The normalized spacial score (nSPS) is 11.4. The largest absolute Gasteiger partial charge is 0.361 e. The lowest BCUT2D eigenvalue weighted by Gasteiger charge is -2.09. The molecule has 2 rings (SSSR count). The van der Waals surface area contributed by atoms with Crippen LogP contribution in [0.4, 0.5) is 0 Å². The fraction of sp³-hybridized carbons (Fsp3) is 0.273. The third-order valence-electron chi connectivity index (χ3n) is 2.33. The highest BCUT2D eigenvalue weighted by Gasteiger charge is 2.02. The molecule has 2 N–H and O–H groups in total. The molecule has 3 heteroatoms. The number of nitrogens with zero attached hydrogens (tertiary/aromatic N) is 1. The van der Waals surface area contributed by atoms with Crippen molar-refractivity contribution in [2.75, 3.05) is 7.05 Å². The van der Waals surface area contributed by atoms with Crippen molar-refractivity contribution >= 4 is 10.9 Å². The highest BCUT2D eigenvalue weighted by atomic mass is 16.5. The number of benzene rings is 1. The van der Waals surface area contributed by atoms with Gasteiger partial charge >= 0.3 is 0 Å². The van der Waals surface area contributed by atoms with Crippen molar-refractivity contribution in [1.82, 2.24) is 10.0 Å². The van der Waals surface area contributed by atoms with Crippen LogP contribution < -0.4 is 0 Å². The smallest absolute Gasteiger partial charge is 0.0485 e. The van der Waals surface area contributed by atoms with Crippen molar-refractivity contribution < 1.29 is 5.21 Å². The summed E-state index contributed by atoms with van der Waals surface area (Å²) in [5.41, 5.74) is 3.51. The predicted molar refractivity (Wildman–Crippen MR) is 56.3 cm³/mol. The molecule has 14 heavy (non-hydrogen) atoms. The second-order valence-electron chi connectivity index (χ2n) is 3.67. The Bertz CT molecular complexity index is 445. The Morgan fingerprint density at radius 2 is 2.21 bits per heavy atom. The maximum atomic E-state index is 9.14. The van der Waals surface area contributed by atoms with Gasteiger partial charge in [0.15, 0.2) is 0 Å². The van der Waals surface area contributed by atoms with Gasteiger partial charge in [-0.15, -0.1) is 0 Å². The van der Waals surface area contributed by atoms with Crippen LogP contribution >= 0.6 is 0 Å². The van der Waals surface area contributed by atoms with E-state index in [1.165, 1.54) is 21.5 Å². The molecule has 1 heterocycles. The zero-order valence-corrected chi connectivity index (χ0v) is 8.41. The van der Waals surface area contributed by atoms with E-state index in [4.69, 9.17) is 5.21 Å². The number of aromatic amines is 1. The number of hydroxylamine groups is 2. The van der Waals surface area contributed by atoms with Gasteiger partial charge in [0, 0.05) is 25.3 Å². The molecule has 2 aromatic rings. The van der Waals surface area contributed by atoms with Crippen molar-refractivity contribution in [2.24, 2.45) is 0 Å². The summed E-state index contributed by atoms with van der Waals surface area (Å²) in [7, 11) is 1.65. The lowest BCUT2D eigenvalue weighted by atomic mass is 10.1. The van der Waals surface area contributed by atoms with Crippen LogP contribution in [0.15, 0.2) is 24.4 Å². The Labute approximate surface area is 82.9 Å². The minimum absolute atomic E-state index is 0.558. The summed E-state index contributed by atoms with van der Waals surface area (Å²) in [5.74, 6) is 0. The maximum absolute atomic E-state index is 9.14. The van der Waals surface area contributed by atoms with Gasteiger partial charge in [0.25, 0.3) is 0 Å². The molecule has 0 aliphatic rings. The highest BCUT2D eigenvalue weighted by molar-refractivity contribution is 5.83. The minimum Gasteiger partial charge on any atom is -0.361 e. The van der Waals surface area contributed by atoms with E-state index >= 15 is 0 Å². The Kier molecular flexibility index (Phi) is 2.27. The van der Waals surface area contributed by atoms with Crippen LogP contribution in [0.1, 0.15) is 11.1 Å². The van der Waals surface area contributed by atoms with Crippen molar-refractivity contribution in [3.8, 4) is 0 Å². The SMILES string of the molecule is Cc1cc(CN(C)O)cc2cc[nH]c12. The Balaban J connectivity index is 2.47. The number of H-pyrrole nitrogens is 1. The van der Waals surface area contributed by atoms with Crippen molar-refractivity contribution in [3.05, 3.63) is 35.5 Å². The van der Waals surface area contributed by atoms with Crippen LogP contribution in [0.2, 0.25) is 0 Å². The van der Waals surface area contributed by atoms with Crippen LogP contribution in [-0.4, -0.2) is 22.3 Å². The second-order valence-corrected chi connectivity index (χ2v) is 3.67. The average molecular weight is 190 g/mol. The van der Waals surface area contributed by atoms with E-state index in [1.54, 1.807) is 7.05 Å². The molecule has 0 saturated carbocycles. The van der Waals surface area contributed by atoms with Crippen molar-refractivity contribution in [1.29, 1.82) is 0 Å². The molecular weight excluding hydrogens is 176 g/mol. The van der Waals surface area contributed by atoms with E-state index in [0.29, 0.717) is 6.54 Å². The van der Waals surface area contributed by atoms with Crippen molar-refractivity contribution in [2.45, 2.75) is 13.5 Å². The van der Waals surface area contributed by atoms with Gasteiger partial charge in [-0.2, -0.15) is 5.06 Å². The number of nitrogens with one attached hydrogen (secondary N) is 1. The lowest BCUT2D eigenvalue weighted by Crippen LogP contribution is -2.11. The standard InChI is InChI=1S/C11H14N2O/c1-8-5-9(7-13(2)14)6-10-3-4-12-11(8)10/h3-6,12,14H,7H2,1-2H3. The van der Waals surface area contributed by atoms with Gasteiger partial charge in [0.2, 0.25) is 0 Å². The number of fused-ring (bicyclic) bond motifs is 1. The van der Waals surface area contributed by atoms with Gasteiger partial charge in [-0.25, -0.2) is 0 Å². The molecule has 0 aliphatic carbocycles. The second kappa shape index (κ2) is 3.44. The lowest BCUT2D eigenvalue weighted by molar-refractivity contribution is -0.0731. The summed E-state index contributed by atoms with van der Waals surface area (Å²) in [4.78, 5) is 3.19. The first-order chi connectivity index (χ1) is 6.66. The summed E-state index contributed by atoms with van der Waals surface area (Å²) in [6.45, 7) is 2.63. The first-order valence-electron chi connectivity index (χ1n) is 4.63. The maximum Gasteiger partial charge on any atom is 0.0485 e. The molecule has 0 saturated heterocycles. The first-order valence-corrected chi connectivity index (χ1v) is 4.63. The highest BCUT2D eigenvalue weighted by Crippen LogP contribution is 2.19. The van der Waals surface area contributed by atoms with E-state index in [-0.39, 0.29) is 0 Å². The molecule has 0 radical (unpaired) electrons. The molecule has 0 atom stereocenters. The third kappa shape index (κ3) is 1.64. The number of aryl methyl sites for hydroxylation is 1. The summed E-state index contributed by atoms with van der Waals surface area (Å²) in [5, 5.41) is 11.5. The van der Waals surface area contributed by atoms with Gasteiger partial charge in [-0.3, -0.25) is 0 Å². The van der Waals surface area contributed by atoms with E-state index < -0.39 is 0 Å². The molecule has 0 aliphatic heterocycles. The van der Waals surface area contributed by atoms with Gasteiger partial charge in [0.05, 0.1) is 0 Å². The van der Waals surface area contributed by atoms with Crippen molar-refractivity contribution in [3.63, 3.8) is 0 Å². The molecule has 74 valence electrons. The molecule has 0 bridgehead atoms. The zero-order chi connectivity index (χ0) is 10.1. The Hall–Kier alpha value is -1.32. The predicted octanol–water partition coefficient (Wildman–Crippen LogP) is 2.30. The fourth-order valence-electron chi connectivity index (χ4n) is 1.79. The Morgan fingerprint density at radius 1 is 1.43 bits per heavy atom. The minimum atomic E-state index is 0.558. The summed E-state index contributed by atoms with van der Waals surface area (Å²) in [6.07, 6.45) is 1.93. The van der Waals surface area contributed by atoms with Gasteiger partial charge in [-0.1, -0.05) is 6.07 Å². The molecule has 3 nitrogen and oxygen atoms in total. The molecule has 1 aromatic heterocycles. The van der Waals surface area contributed by atoms with Crippen LogP contribution in [-0.2, 0) is 6.54 Å². The monoisotopic (exact) mass is 190 g/mol. The molecule has 0 spiro atoms. The van der Waals surface area contributed by atoms with Crippen LogP contribution in [0.3, 0.4) is 0 Å². The molecule has 1 aromatic carbocycles. The van der Waals surface area contributed by atoms with Gasteiger partial charge < -0.3 is 10.2 Å². The third-order valence-corrected chi connectivity index (χ3v) is 2.33. The quantitative estimate of drug-likeness (QED) is 0.713. The number of hydrogen-bond acceptors (Lipinski definition) is 2. The van der Waals surface area contributed by atoms with E-state index in [1.807, 2.05) is 12.3 Å². The summed E-state index contributed by atoms with van der Waals surface area (Å²) in [6, 6.07) is 6.22. The first kappa shape index (κ1) is 9.24. The topological polar surface area (TPSA) is 39.3 Å². The van der Waals surface area contributed by atoms with Crippen LogP contribution in [0.25, 0.3) is 10.9 Å². The fourth-order valence-corrected chi connectivity index (χ4v) is 1.79. The van der Waals surface area contributed by atoms with Crippen LogP contribution in [0, 0.1) is 6.92 Å². The van der Waals surface area contributed by atoms with Crippen LogP contribution in [0.5, 0.6) is 0 Å². The van der Waals surface area contributed by atoms with Gasteiger partial charge in [0.1, 0.15) is 0 Å². The van der Waals surface area contributed by atoms with E-state index in [2.05, 4.69) is 24.0 Å². The molecule has 0 amide bonds. The van der Waals surface area contributed by atoms with E-state index in [9.17, 15) is 0 Å². The Morgan fingerprint density at radius 3 is 2.93 bits per heavy atom. The number of hydrogen-bond donors (Lipinski definition) is 2. The summed E-state index contributed by atoms with van der Waals surface area (Å²) >= 11 is 0. The zero-order valence-electron chi connectivity index (χ0n) is 8.41. The summed E-state index contributed by atoms with van der Waals surface area (Å²) < 4.78 is 0. The molecule has 0 unspecified atom stereocenters. The number of rotatable bonds is 2. The molecule has 0 fully saturated rings.